The zero-order chi connectivity index (χ0) is 17.2. The van der Waals surface area contributed by atoms with E-state index in [-0.39, 0.29) is 25.2 Å². The zero-order valence-electron chi connectivity index (χ0n) is 13.7. The molecule has 0 N–H and O–H groups in total. The molecule has 1 saturated heterocycles. The van der Waals surface area contributed by atoms with Crippen LogP contribution in [-0.4, -0.2) is 77.6 Å². The molecule has 1 aliphatic rings. The first kappa shape index (κ1) is 18.9. The highest BCUT2D eigenvalue weighted by Gasteiger charge is 2.37. The number of hydrogen-bond acceptors (Lipinski definition) is 4. The van der Waals surface area contributed by atoms with Crippen LogP contribution in [0.15, 0.2) is 50.6 Å². The van der Waals surface area contributed by atoms with E-state index >= 15 is 0 Å². The molecule has 0 aromatic heterocycles. The van der Waals surface area contributed by atoms with Gasteiger partial charge in [-0.3, -0.25) is 14.6 Å². The number of rotatable bonds is 12. The van der Waals surface area contributed by atoms with Crippen molar-refractivity contribution in [3.8, 4) is 0 Å². The average Bonchev–Trinajstić information content (AvgIpc) is 2.76. The Balaban J connectivity index is 2.70. The SMILES string of the molecule is C=CCN(CC=C)CN1CC(=O)N(CN(CC=C)CC=C)C1=O. The molecular formula is C17H26N4O2. The van der Waals surface area contributed by atoms with Gasteiger partial charge in [-0.05, 0) is 0 Å². The lowest BCUT2D eigenvalue weighted by molar-refractivity contribution is -0.126. The maximum atomic E-state index is 12.5. The summed E-state index contributed by atoms with van der Waals surface area (Å²) in [6.07, 6.45) is 7.00. The van der Waals surface area contributed by atoms with Crippen LogP contribution in [0, 0.1) is 0 Å². The van der Waals surface area contributed by atoms with E-state index in [9.17, 15) is 9.59 Å². The largest absolute Gasteiger partial charge is 0.329 e. The molecule has 1 rings (SSSR count). The topological polar surface area (TPSA) is 47.1 Å². The summed E-state index contributed by atoms with van der Waals surface area (Å²) in [5.74, 6) is -0.190. The Labute approximate surface area is 138 Å². The predicted octanol–water partition coefficient (Wildman–Crippen LogP) is 1.51. The Bertz CT molecular complexity index is 455. The van der Waals surface area contributed by atoms with Gasteiger partial charge in [-0.2, -0.15) is 0 Å². The van der Waals surface area contributed by atoms with Gasteiger partial charge in [0.1, 0.15) is 6.54 Å². The Morgan fingerprint density at radius 3 is 1.70 bits per heavy atom. The predicted molar refractivity (Wildman–Crippen MR) is 92.6 cm³/mol. The van der Waals surface area contributed by atoms with Crippen LogP contribution in [0.25, 0.3) is 0 Å². The second-order valence-electron chi connectivity index (χ2n) is 5.31. The molecule has 0 bridgehead atoms. The fraction of sp³-hybridized carbons (Fsp3) is 0.412. The molecule has 1 aliphatic heterocycles. The van der Waals surface area contributed by atoms with Gasteiger partial charge in [0.25, 0.3) is 5.91 Å². The standard InChI is InChI=1S/C17H26N4O2/c1-5-9-18(10-6-2)14-20-13-16(22)21(17(20)23)15-19(11-7-3)12-8-4/h5-8H,1-4,9-15H2. The third kappa shape index (κ3) is 5.50. The number of imide groups is 1. The lowest BCUT2D eigenvalue weighted by Crippen LogP contribution is -2.44. The van der Waals surface area contributed by atoms with Crippen molar-refractivity contribution in [2.24, 2.45) is 0 Å². The Morgan fingerprint density at radius 1 is 0.826 bits per heavy atom. The molecular weight excluding hydrogens is 292 g/mol. The highest BCUT2D eigenvalue weighted by Crippen LogP contribution is 2.12. The van der Waals surface area contributed by atoms with Gasteiger partial charge in [0.15, 0.2) is 0 Å². The van der Waals surface area contributed by atoms with Crippen molar-refractivity contribution in [2.45, 2.75) is 0 Å². The monoisotopic (exact) mass is 318 g/mol. The van der Waals surface area contributed by atoms with E-state index in [1.54, 1.807) is 24.3 Å². The van der Waals surface area contributed by atoms with E-state index in [1.165, 1.54) is 9.80 Å². The summed E-state index contributed by atoms with van der Waals surface area (Å²) in [5, 5.41) is 0. The molecule has 6 nitrogen and oxygen atoms in total. The van der Waals surface area contributed by atoms with Gasteiger partial charge in [-0.15, -0.1) is 26.3 Å². The van der Waals surface area contributed by atoms with E-state index in [1.807, 2.05) is 9.80 Å². The third-order valence-electron chi connectivity index (χ3n) is 3.39. The normalized spacial score (nSPS) is 14.7. The van der Waals surface area contributed by atoms with Crippen molar-refractivity contribution < 1.29 is 9.59 Å². The van der Waals surface area contributed by atoms with Gasteiger partial charge in [0, 0.05) is 26.2 Å². The van der Waals surface area contributed by atoms with E-state index in [2.05, 4.69) is 26.3 Å². The van der Waals surface area contributed by atoms with E-state index < -0.39 is 0 Å². The molecule has 0 saturated carbocycles. The van der Waals surface area contributed by atoms with Crippen LogP contribution in [0.5, 0.6) is 0 Å². The molecule has 126 valence electrons. The van der Waals surface area contributed by atoms with Gasteiger partial charge < -0.3 is 4.90 Å². The number of carbonyl (C=O) groups excluding carboxylic acids is 2. The number of carbonyl (C=O) groups is 2. The van der Waals surface area contributed by atoms with Crippen LogP contribution in [0.1, 0.15) is 0 Å². The Morgan fingerprint density at radius 2 is 1.26 bits per heavy atom. The molecule has 0 radical (unpaired) electrons. The highest BCUT2D eigenvalue weighted by molar-refractivity contribution is 6.01. The summed E-state index contributed by atoms with van der Waals surface area (Å²) < 4.78 is 0. The van der Waals surface area contributed by atoms with Gasteiger partial charge in [0.05, 0.1) is 13.3 Å². The van der Waals surface area contributed by atoms with Crippen LogP contribution in [0.2, 0.25) is 0 Å². The second kappa shape index (κ2) is 9.76. The van der Waals surface area contributed by atoms with Gasteiger partial charge >= 0.3 is 6.03 Å². The lowest BCUT2D eigenvalue weighted by atomic mass is 10.4. The van der Waals surface area contributed by atoms with Crippen molar-refractivity contribution in [1.82, 2.24) is 19.6 Å². The quantitative estimate of drug-likeness (QED) is 0.404. The van der Waals surface area contributed by atoms with Crippen molar-refractivity contribution in [1.29, 1.82) is 0 Å². The number of hydrogen-bond donors (Lipinski definition) is 0. The average molecular weight is 318 g/mol. The summed E-state index contributed by atoms with van der Waals surface area (Å²) in [5.41, 5.74) is 0. The minimum Gasteiger partial charge on any atom is -0.302 e. The fourth-order valence-corrected chi connectivity index (χ4v) is 2.40. The van der Waals surface area contributed by atoms with Gasteiger partial charge in [-0.1, -0.05) is 24.3 Å². The summed E-state index contributed by atoms with van der Waals surface area (Å²) in [7, 11) is 0. The minimum absolute atomic E-state index is 0.0969. The van der Waals surface area contributed by atoms with Crippen LogP contribution in [-0.2, 0) is 4.79 Å². The molecule has 23 heavy (non-hydrogen) atoms. The van der Waals surface area contributed by atoms with E-state index in [4.69, 9.17) is 0 Å². The van der Waals surface area contributed by atoms with Crippen molar-refractivity contribution in [2.75, 3.05) is 46.1 Å². The van der Waals surface area contributed by atoms with E-state index in [0.717, 1.165) is 0 Å². The third-order valence-corrected chi connectivity index (χ3v) is 3.39. The summed E-state index contributed by atoms with van der Waals surface area (Å²) in [6.45, 7) is 17.9. The van der Waals surface area contributed by atoms with Crippen LogP contribution in [0.3, 0.4) is 0 Å². The summed E-state index contributed by atoms with van der Waals surface area (Å²) in [6, 6.07) is -0.272. The van der Waals surface area contributed by atoms with Crippen molar-refractivity contribution in [3.63, 3.8) is 0 Å². The van der Waals surface area contributed by atoms with E-state index in [0.29, 0.717) is 32.8 Å². The molecule has 0 aromatic carbocycles. The first-order chi connectivity index (χ1) is 11.1. The van der Waals surface area contributed by atoms with Crippen LogP contribution >= 0.6 is 0 Å². The maximum Gasteiger partial charge on any atom is 0.329 e. The molecule has 1 fully saturated rings. The van der Waals surface area contributed by atoms with Crippen LogP contribution < -0.4 is 0 Å². The first-order valence-corrected chi connectivity index (χ1v) is 7.54. The van der Waals surface area contributed by atoms with Crippen molar-refractivity contribution in [3.05, 3.63) is 50.6 Å². The zero-order valence-corrected chi connectivity index (χ0v) is 13.7. The molecule has 6 heteroatoms. The number of nitrogens with zero attached hydrogens (tertiary/aromatic N) is 4. The molecule has 0 atom stereocenters. The van der Waals surface area contributed by atoms with Gasteiger partial charge in [0.2, 0.25) is 0 Å². The lowest BCUT2D eigenvalue weighted by Gasteiger charge is -2.27. The maximum absolute atomic E-state index is 12.5. The first-order valence-electron chi connectivity index (χ1n) is 7.54. The molecule has 0 spiro atoms. The van der Waals surface area contributed by atoms with Gasteiger partial charge in [-0.25, -0.2) is 9.69 Å². The summed E-state index contributed by atoms with van der Waals surface area (Å²) in [4.78, 5) is 31.4. The Kier molecular flexibility index (Phi) is 8.01. The van der Waals surface area contributed by atoms with Crippen LogP contribution in [0.4, 0.5) is 4.79 Å². The molecule has 1 heterocycles. The molecule has 0 aliphatic carbocycles. The smallest absolute Gasteiger partial charge is 0.302 e. The fourth-order valence-electron chi connectivity index (χ4n) is 2.40. The molecule has 0 unspecified atom stereocenters. The highest BCUT2D eigenvalue weighted by atomic mass is 16.2. The minimum atomic E-state index is -0.272. The Hall–Kier alpha value is -2.18. The second-order valence-corrected chi connectivity index (χ2v) is 5.31. The number of urea groups is 1. The van der Waals surface area contributed by atoms with Crippen molar-refractivity contribution >= 4 is 11.9 Å². The number of amides is 3. The summed E-state index contributed by atoms with van der Waals surface area (Å²) >= 11 is 0. The molecule has 3 amide bonds. The molecule has 0 aromatic rings.